The summed E-state index contributed by atoms with van der Waals surface area (Å²) >= 11 is 0. The van der Waals surface area contributed by atoms with Gasteiger partial charge in [0.2, 0.25) is 0 Å². The molecule has 1 heterocycles. The van der Waals surface area contributed by atoms with Crippen molar-refractivity contribution in [1.82, 2.24) is 0 Å². The number of hydrogen-bond donors (Lipinski definition) is 0. The second-order valence-electron chi connectivity index (χ2n) is 4.72. The molecule has 0 spiro atoms. The van der Waals surface area contributed by atoms with E-state index in [9.17, 15) is 9.18 Å². The van der Waals surface area contributed by atoms with Crippen LogP contribution in [-0.4, -0.2) is 12.1 Å². The summed E-state index contributed by atoms with van der Waals surface area (Å²) in [6.45, 7) is 0. The van der Waals surface area contributed by atoms with Crippen molar-refractivity contribution in [2.24, 2.45) is 0 Å². The highest BCUT2D eigenvalue weighted by Crippen LogP contribution is 2.22. The van der Waals surface area contributed by atoms with Crippen molar-refractivity contribution in [3.8, 4) is 0 Å². The number of benzene rings is 2. The highest BCUT2D eigenvalue weighted by Gasteiger charge is 2.25. The average Bonchev–Trinajstić information content (AvgIpc) is 2.39. The Hall–Kier alpha value is -2.16. The Bertz CT molecular complexity index is 622. The molecule has 2 nitrogen and oxygen atoms in total. The van der Waals surface area contributed by atoms with Gasteiger partial charge in [-0.05, 0) is 29.3 Å². The Balaban J connectivity index is 1.80. The van der Waals surface area contributed by atoms with Gasteiger partial charge in [0.15, 0.2) is 0 Å². The van der Waals surface area contributed by atoms with Crippen LogP contribution in [0.15, 0.2) is 48.5 Å². The zero-order valence-corrected chi connectivity index (χ0v) is 10.3. The standard InChI is InChI=1S/C16H13FO2/c17-13-6-3-4-11(8-13)9-14-10-12-5-1-2-7-15(12)16(18)19-14/h1-8,14H,9-10H2/t14-/m1/s1. The van der Waals surface area contributed by atoms with Gasteiger partial charge in [-0.25, -0.2) is 9.18 Å². The normalized spacial score (nSPS) is 17.7. The summed E-state index contributed by atoms with van der Waals surface area (Å²) in [5.41, 5.74) is 2.48. The molecule has 2 aromatic rings. The van der Waals surface area contributed by atoms with E-state index >= 15 is 0 Å². The first kappa shape index (κ1) is 11.9. The van der Waals surface area contributed by atoms with E-state index < -0.39 is 0 Å². The van der Waals surface area contributed by atoms with Crippen LogP contribution in [0.1, 0.15) is 21.5 Å². The number of esters is 1. The van der Waals surface area contributed by atoms with Gasteiger partial charge in [0.25, 0.3) is 0 Å². The van der Waals surface area contributed by atoms with Gasteiger partial charge in [0.1, 0.15) is 11.9 Å². The van der Waals surface area contributed by atoms with Crippen molar-refractivity contribution in [3.05, 3.63) is 71.0 Å². The van der Waals surface area contributed by atoms with E-state index in [-0.39, 0.29) is 17.9 Å². The molecule has 0 aromatic heterocycles. The summed E-state index contributed by atoms with van der Waals surface area (Å²) in [6.07, 6.45) is 1.00. The highest BCUT2D eigenvalue weighted by molar-refractivity contribution is 5.92. The Labute approximate surface area is 110 Å². The summed E-state index contributed by atoms with van der Waals surface area (Å²) in [7, 11) is 0. The lowest BCUT2D eigenvalue weighted by Crippen LogP contribution is -2.29. The predicted molar refractivity (Wildman–Crippen MR) is 69.5 cm³/mol. The number of halogens is 1. The number of hydrogen-bond acceptors (Lipinski definition) is 2. The van der Waals surface area contributed by atoms with Crippen molar-refractivity contribution < 1.29 is 13.9 Å². The van der Waals surface area contributed by atoms with Gasteiger partial charge in [-0.1, -0.05) is 30.3 Å². The number of ether oxygens (including phenoxy) is 1. The predicted octanol–water partition coefficient (Wildman–Crippen LogP) is 3.15. The van der Waals surface area contributed by atoms with Crippen LogP contribution >= 0.6 is 0 Å². The van der Waals surface area contributed by atoms with Crippen molar-refractivity contribution in [1.29, 1.82) is 0 Å². The molecule has 96 valence electrons. The third kappa shape index (κ3) is 2.50. The summed E-state index contributed by atoms with van der Waals surface area (Å²) in [6, 6.07) is 13.9. The van der Waals surface area contributed by atoms with Crippen LogP contribution in [-0.2, 0) is 17.6 Å². The van der Waals surface area contributed by atoms with Crippen LogP contribution in [0.4, 0.5) is 4.39 Å². The molecule has 0 fully saturated rings. The maximum Gasteiger partial charge on any atom is 0.338 e. The fourth-order valence-electron chi connectivity index (χ4n) is 2.44. The van der Waals surface area contributed by atoms with E-state index in [4.69, 9.17) is 4.74 Å². The number of cyclic esters (lactones) is 1. The molecule has 19 heavy (non-hydrogen) atoms. The molecule has 0 saturated carbocycles. The van der Waals surface area contributed by atoms with E-state index in [1.807, 2.05) is 24.3 Å². The van der Waals surface area contributed by atoms with E-state index in [0.717, 1.165) is 11.1 Å². The minimum Gasteiger partial charge on any atom is -0.458 e. The zero-order chi connectivity index (χ0) is 13.2. The summed E-state index contributed by atoms with van der Waals surface area (Å²) < 4.78 is 18.5. The van der Waals surface area contributed by atoms with Crippen molar-refractivity contribution in [2.75, 3.05) is 0 Å². The molecule has 0 saturated heterocycles. The van der Waals surface area contributed by atoms with Crippen LogP contribution in [0.25, 0.3) is 0 Å². The first-order valence-corrected chi connectivity index (χ1v) is 6.26. The number of carbonyl (C=O) groups excluding carboxylic acids is 1. The van der Waals surface area contributed by atoms with Crippen LogP contribution in [0.2, 0.25) is 0 Å². The molecular weight excluding hydrogens is 243 g/mol. The Morgan fingerprint density at radius 2 is 2.00 bits per heavy atom. The van der Waals surface area contributed by atoms with Crippen molar-refractivity contribution in [3.63, 3.8) is 0 Å². The van der Waals surface area contributed by atoms with E-state index in [1.54, 1.807) is 12.1 Å². The molecule has 0 bridgehead atoms. The molecule has 0 aliphatic carbocycles. The quantitative estimate of drug-likeness (QED) is 0.771. The van der Waals surface area contributed by atoms with E-state index in [0.29, 0.717) is 18.4 Å². The lowest BCUT2D eigenvalue weighted by Gasteiger charge is -2.24. The molecule has 3 rings (SSSR count). The molecule has 1 atom stereocenters. The molecule has 0 amide bonds. The van der Waals surface area contributed by atoms with Crippen molar-refractivity contribution in [2.45, 2.75) is 18.9 Å². The van der Waals surface area contributed by atoms with Gasteiger partial charge in [0.05, 0.1) is 5.56 Å². The number of rotatable bonds is 2. The molecule has 1 aliphatic heterocycles. The van der Waals surface area contributed by atoms with Crippen molar-refractivity contribution >= 4 is 5.97 Å². The number of carbonyl (C=O) groups is 1. The average molecular weight is 256 g/mol. The van der Waals surface area contributed by atoms with Gasteiger partial charge in [-0.3, -0.25) is 0 Å². The Morgan fingerprint density at radius 3 is 2.84 bits per heavy atom. The largest absolute Gasteiger partial charge is 0.458 e. The zero-order valence-electron chi connectivity index (χ0n) is 10.3. The summed E-state index contributed by atoms with van der Waals surface area (Å²) in [5.74, 6) is -0.553. The van der Waals surface area contributed by atoms with Gasteiger partial charge in [-0.15, -0.1) is 0 Å². The second kappa shape index (κ2) is 4.84. The molecule has 0 unspecified atom stereocenters. The molecule has 0 radical (unpaired) electrons. The van der Waals surface area contributed by atoms with Crippen LogP contribution in [0.3, 0.4) is 0 Å². The lowest BCUT2D eigenvalue weighted by atomic mass is 9.95. The Kier molecular flexibility index (Phi) is 3.03. The number of fused-ring (bicyclic) bond motifs is 1. The fraction of sp³-hybridized carbons (Fsp3) is 0.188. The van der Waals surface area contributed by atoms with E-state index in [2.05, 4.69) is 0 Å². The molecule has 3 heteroatoms. The van der Waals surface area contributed by atoms with Crippen LogP contribution in [0.5, 0.6) is 0 Å². The maximum absolute atomic E-state index is 13.1. The van der Waals surface area contributed by atoms with Gasteiger partial charge in [-0.2, -0.15) is 0 Å². The van der Waals surface area contributed by atoms with E-state index in [1.165, 1.54) is 12.1 Å². The first-order valence-electron chi connectivity index (χ1n) is 6.26. The lowest BCUT2D eigenvalue weighted by molar-refractivity contribution is 0.0259. The minimum absolute atomic E-state index is 0.218. The highest BCUT2D eigenvalue weighted by atomic mass is 19.1. The third-order valence-corrected chi connectivity index (χ3v) is 3.31. The van der Waals surface area contributed by atoms with Gasteiger partial charge in [0, 0.05) is 12.8 Å². The molecule has 1 aliphatic rings. The van der Waals surface area contributed by atoms with Crippen LogP contribution in [0, 0.1) is 5.82 Å². The maximum atomic E-state index is 13.1. The minimum atomic E-state index is -0.289. The second-order valence-corrected chi connectivity index (χ2v) is 4.72. The molecular formula is C16H13FO2. The topological polar surface area (TPSA) is 26.3 Å². The summed E-state index contributed by atoms with van der Waals surface area (Å²) in [5, 5.41) is 0. The third-order valence-electron chi connectivity index (χ3n) is 3.31. The van der Waals surface area contributed by atoms with Gasteiger partial charge >= 0.3 is 5.97 Å². The monoisotopic (exact) mass is 256 g/mol. The van der Waals surface area contributed by atoms with Gasteiger partial charge < -0.3 is 4.74 Å². The molecule has 0 N–H and O–H groups in total. The SMILES string of the molecule is O=C1O[C@H](Cc2cccc(F)c2)Cc2ccccc21. The first-order chi connectivity index (χ1) is 9.22. The fourth-order valence-corrected chi connectivity index (χ4v) is 2.44. The molecule has 2 aromatic carbocycles. The Morgan fingerprint density at radius 1 is 1.16 bits per heavy atom. The van der Waals surface area contributed by atoms with Crippen LogP contribution < -0.4 is 0 Å². The smallest absolute Gasteiger partial charge is 0.338 e. The summed E-state index contributed by atoms with van der Waals surface area (Å²) in [4.78, 5) is 11.9.